The second-order valence-corrected chi connectivity index (χ2v) is 5.28. The first-order valence-corrected chi connectivity index (χ1v) is 7.64. The van der Waals surface area contributed by atoms with Crippen molar-refractivity contribution in [1.82, 2.24) is 15.1 Å². The average molecular weight is 309 g/mol. The molecule has 118 valence electrons. The Morgan fingerprint density at radius 3 is 2.83 bits per heavy atom. The van der Waals surface area contributed by atoms with Gasteiger partial charge in [0.25, 0.3) is 5.91 Å². The van der Waals surface area contributed by atoms with Crippen molar-refractivity contribution in [1.29, 1.82) is 0 Å². The molecule has 0 saturated carbocycles. The maximum atomic E-state index is 11.9. The van der Waals surface area contributed by atoms with Gasteiger partial charge < -0.3 is 10.1 Å². The third kappa shape index (κ3) is 3.88. The van der Waals surface area contributed by atoms with E-state index in [0.717, 1.165) is 22.9 Å². The summed E-state index contributed by atoms with van der Waals surface area (Å²) in [4.78, 5) is 11.9. The fourth-order valence-corrected chi connectivity index (χ4v) is 2.33. The van der Waals surface area contributed by atoms with Crippen LogP contribution in [0.15, 0.2) is 54.9 Å². The first kappa shape index (κ1) is 15.1. The molecule has 0 radical (unpaired) electrons. The Morgan fingerprint density at radius 2 is 2.04 bits per heavy atom. The Bertz CT molecular complexity index is 811. The van der Waals surface area contributed by atoms with Gasteiger partial charge in [-0.2, -0.15) is 5.10 Å². The van der Waals surface area contributed by atoms with Crippen LogP contribution in [0.25, 0.3) is 10.8 Å². The van der Waals surface area contributed by atoms with Gasteiger partial charge in [-0.3, -0.25) is 9.48 Å². The molecular formula is C18H19N3O2. The van der Waals surface area contributed by atoms with Gasteiger partial charge in [0.05, 0.1) is 6.20 Å². The molecule has 0 fully saturated rings. The van der Waals surface area contributed by atoms with Crippen molar-refractivity contribution < 1.29 is 9.53 Å². The van der Waals surface area contributed by atoms with Gasteiger partial charge in [0.15, 0.2) is 6.61 Å². The molecule has 0 aliphatic carbocycles. The summed E-state index contributed by atoms with van der Waals surface area (Å²) in [6.07, 6.45) is 3.68. The van der Waals surface area contributed by atoms with Gasteiger partial charge in [0.1, 0.15) is 5.75 Å². The van der Waals surface area contributed by atoms with E-state index in [1.807, 2.05) is 60.3 Å². The summed E-state index contributed by atoms with van der Waals surface area (Å²) in [6.45, 7) is 3.30. The zero-order valence-electron chi connectivity index (χ0n) is 13.0. The van der Waals surface area contributed by atoms with Crippen LogP contribution in [0.4, 0.5) is 0 Å². The summed E-state index contributed by atoms with van der Waals surface area (Å²) in [5.74, 6) is 0.542. The number of benzene rings is 2. The minimum absolute atomic E-state index is 0.000253. The lowest BCUT2D eigenvalue weighted by molar-refractivity contribution is -0.123. The van der Waals surface area contributed by atoms with Crippen molar-refractivity contribution in [2.75, 3.05) is 6.61 Å². The van der Waals surface area contributed by atoms with Crippen molar-refractivity contribution in [3.63, 3.8) is 0 Å². The quantitative estimate of drug-likeness (QED) is 0.762. The second-order valence-electron chi connectivity index (χ2n) is 5.28. The predicted molar refractivity (Wildman–Crippen MR) is 89.2 cm³/mol. The summed E-state index contributed by atoms with van der Waals surface area (Å²) < 4.78 is 7.38. The van der Waals surface area contributed by atoms with E-state index in [1.165, 1.54) is 0 Å². The van der Waals surface area contributed by atoms with Gasteiger partial charge in [-0.1, -0.05) is 30.3 Å². The number of nitrogens with one attached hydrogen (secondary N) is 1. The summed E-state index contributed by atoms with van der Waals surface area (Å²) in [5, 5.41) is 9.24. The monoisotopic (exact) mass is 309 g/mol. The van der Waals surface area contributed by atoms with E-state index in [9.17, 15) is 4.79 Å². The van der Waals surface area contributed by atoms with E-state index in [4.69, 9.17) is 4.74 Å². The smallest absolute Gasteiger partial charge is 0.258 e. The van der Waals surface area contributed by atoms with Crippen molar-refractivity contribution in [2.24, 2.45) is 0 Å². The molecular weight excluding hydrogens is 290 g/mol. The van der Waals surface area contributed by atoms with Gasteiger partial charge in [0.2, 0.25) is 0 Å². The summed E-state index contributed by atoms with van der Waals surface area (Å²) >= 11 is 0. The third-order valence-corrected chi connectivity index (χ3v) is 3.59. The molecule has 5 heteroatoms. The molecule has 3 aromatic rings. The van der Waals surface area contributed by atoms with Crippen molar-refractivity contribution >= 4 is 16.7 Å². The van der Waals surface area contributed by atoms with Gasteiger partial charge in [-0.25, -0.2) is 0 Å². The van der Waals surface area contributed by atoms with E-state index in [1.54, 1.807) is 6.20 Å². The maximum absolute atomic E-state index is 11.9. The van der Waals surface area contributed by atoms with Gasteiger partial charge in [-0.15, -0.1) is 0 Å². The fraction of sp³-hybridized carbons (Fsp3) is 0.222. The second kappa shape index (κ2) is 6.96. The lowest BCUT2D eigenvalue weighted by atomic mass is 10.1. The number of aryl methyl sites for hydroxylation is 1. The van der Waals surface area contributed by atoms with Gasteiger partial charge in [0, 0.05) is 24.8 Å². The molecule has 23 heavy (non-hydrogen) atoms. The zero-order chi connectivity index (χ0) is 16.1. The highest BCUT2D eigenvalue weighted by atomic mass is 16.5. The maximum Gasteiger partial charge on any atom is 0.258 e. The Balaban J connectivity index is 1.51. The number of rotatable bonds is 6. The minimum Gasteiger partial charge on any atom is -0.484 e. The number of carbonyl (C=O) groups is 1. The molecule has 0 saturated heterocycles. The van der Waals surface area contributed by atoms with Crippen molar-refractivity contribution in [3.05, 3.63) is 60.4 Å². The Labute approximate surface area is 134 Å². The molecule has 1 amide bonds. The van der Waals surface area contributed by atoms with E-state index in [-0.39, 0.29) is 12.5 Å². The number of hydrogen-bond donors (Lipinski definition) is 1. The van der Waals surface area contributed by atoms with Crippen molar-refractivity contribution in [3.8, 4) is 5.75 Å². The summed E-state index contributed by atoms with van der Waals surface area (Å²) in [7, 11) is 0. The molecule has 0 spiro atoms. The fourth-order valence-electron chi connectivity index (χ4n) is 2.33. The zero-order valence-corrected chi connectivity index (χ0v) is 13.0. The third-order valence-electron chi connectivity index (χ3n) is 3.59. The van der Waals surface area contributed by atoms with Crippen LogP contribution in [-0.4, -0.2) is 22.3 Å². The number of nitrogens with zero attached hydrogens (tertiary/aromatic N) is 2. The van der Waals surface area contributed by atoms with Crippen LogP contribution >= 0.6 is 0 Å². The predicted octanol–water partition coefficient (Wildman–Crippen LogP) is 2.75. The molecule has 0 unspecified atom stereocenters. The Kier molecular flexibility index (Phi) is 4.57. The Morgan fingerprint density at radius 1 is 1.22 bits per heavy atom. The standard InChI is InChI=1S/C18H19N3O2/c1-2-21-12-14(11-20-21)10-19-18(22)13-23-17-8-7-15-5-3-4-6-16(15)9-17/h3-9,11-12H,2,10,13H2,1H3,(H,19,22). The van der Waals surface area contributed by atoms with E-state index in [2.05, 4.69) is 10.4 Å². The number of fused-ring (bicyclic) bond motifs is 1. The molecule has 0 aliphatic rings. The number of hydrogen-bond acceptors (Lipinski definition) is 3. The largest absolute Gasteiger partial charge is 0.484 e. The first-order chi connectivity index (χ1) is 11.2. The average Bonchev–Trinajstić information content (AvgIpc) is 3.06. The summed E-state index contributed by atoms with van der Waals surface area (Å²) in [5.41, 5.74) is 0.978. The number of ether oxygens (including phenoxy) is 1. The highest BCUT2D eigenvalue weighted by molar-refractivity contribution is 5.84. The highest BCUT2D eigenvalue weighted by Crippen LogP contribution is 2.20. The van der Waals surface area contributed by atoms with E-state index >= 15 is 0 Å². The minimum atomic E-state index is -0.151. The topological polar surface area (TPSA) is 56.2 Å². The van der Waals surface area contributed by atoms with Gasteiger partial charge >= 0.3 is 0 Å². The first-order valence-electron chi connectivity index (χ1n) is 7.64. The lowest BCUT2D eigenvalue weighted by Gasteiger charge is -2.07. The van der Waals surface area contributed by atoms with Crippen LogP contribution in [0.5, 0.6) is 5.75 Å². The number of amides is 1. The molecule has 0 aliphatic heterocycles. The lowest BCUT2D eigenvalue weighted by Crippen LogP contribution is -2.28. The van der Waals surface area contributed by atoms with Crippen LogP contribution in [0, 0.1) is 0 Å². The van der Waals surface area contributed by atoms with Crippen LogP contribution < -0.4 is 10.1 Å². The van der Waals surface area contributed by atoms with Crippen molar-refractivity contribution in [2.45, 2.75) is 20.0 Å². The van der Waals surface area contributed by atoms with Crippen LogP contribution in [0.1, 0.15) is 12.5 Å². The molecule has 0 atom stereocenters. The SMILES string of the molecule is CCn1cc(CNC(=O)COc2ccc3ccccc3c2)cn1. The number of aromatic nitrogens is 2. The molecule has 1 heterocycles. The molecule has 1 aromatic heterocycles. The normalized spacial score (nSPS) is 10.7. The molecule has 0 bridgehead atoms. The van der Waals surface area contributed by atoms with Crippen LogP contribution in [-0.2, 0) is 17.9 Å². The summed E-state index contributed by atoms with van der Waals surface area (Å²) in [6, 6.07) is 13.8. The highest BCUT2D eigenvalue weighted by Gasteiger charge is 2.05. The van der Waals surface area contributed by atoms with E-state index in [0.29, 0.717) is 12.3 Å². The number of carbonyl (C=O) groups excluding carboxylic acids is 1. The molecule has 3 rings (SSSR count). The van der Waals surface area contributed by atoms with Crippen LogP contribution in [0.3, 0.4) is 0 Å². The molecule has 5 nitrogen and oxygen atoms in total. The van der Waals surface area contributed by atoms with E-state index < -0.39 is 0 Å². The van der Waals surface area contributed by atoms with Gasteiger partial charge in [-0.05, 0) is 29.8 Å². The molecule has 2 aromatic carbocycles. The molecule has 1 N–H and O–H groups in total. The Hall–Kier alpha value is -2.82. The van der Waals surface area contributed by atoms with Crippen LogP contribution in [0.2, 0.25) is 0 Å².